The van der Waals surface area contributed by atoms with Crippen LogP contribution in [0.5, 0.6) is 5.75 Å². The lowest BCUT2D eigenvalue weighted by Crippen LogP contribution is -2.19. The van der Waals surface area contributed by atoms with E-state index in [0.29, 0.717) is 0 Å². The van der Waals surface area contributed by atoms with Gasteiger partial charge >= 0.3 is 0 Å². The van der Waals surface area contributed by atoms with Crippen LogP contribution in [0.15, 0.2) is 57.7 Å². The Kier molecular flexibility index (Phi) is 3.20. The summed E-state index contributed by atoms with van der Waals surface area (Å²) in [6.45, 7) is 3.93. The summed E-state index contributed by atoms with van der Waals surface area (Å²) in [4.78, 5) is 12.7. The lowest BCUT2D eigenvalue weighted by Gasteiger charge is -2.10. The van der Waals surface area contributed by atoms with Crippen molar-refractivity contribution >= 4 is 21.9 Å². The van der Waals surface area contributed by atoms with Gasteiger partial charge in [-0.25, -0.2) is 0 Å². The molecule has 0 saturated carbocycles. The van der Waals surface area contributed by atoms with E-state index in [4.69, 9.17) is 9.15 Å². The predicted molar refractivity (Wildman–Crippen MR) is 95.3 cm³/mol. The summed E-state index contributed by atoms with van der Waals surface area (Å²) in [6.07, 6.45) is 0. The molecule has 24 heavy (non-hydrogen) atoms. The highest BCUT2D eigenvalue weighted by atomic mass is 16.5. The minimum atomic E-state index is -0.0755. The summed E-state index contributed by atoms with van der Waals surface area (Å²) in [5, 5.41) is 1.83. The van der Waals surface area contributed by atoms with Gasteiger partial charge in [0, 0.05) is 22.5 Å². The Morgan fingerprint density at radius 2 is 1.71 bits per heavy atom. The third-order valence-electron chi connectivity index (χ3n) is 4.37. The second-order valence-electron chi connectivity index (χ2n) is 5.95. The van der Waals surface area contributed by atoms with Crippen LogP contribution < -0.4 is 10.3 Å². The van der Waals surface area contributed by atoms with Gasteiger partial charge in [0.1, 0.15) is 11.3 Å². The SMILES string of the molecule is COc1ccc(-n2c(C)c3oc4cc(C)ccc4c3cc2=O)cc1. The van der Waals surface area contributed by atoms with Gasteiger partial charge in [-0.1, -0.05) is 12.1 Å². The summed E-state index contributed by atoms with van der Waals surface area (Å²) in [7, 11) is 1.62. The van der Waals surface area contributed by atoms with E-state index in [2.05, 4.69) is 0 Å². The van der Waals surface area contributed by atoms with Crippen molar-refractivity contribution in [3.63, 3.8) is 0 Å². The molecule has 0 unspecified atom stereocenters. The molecular weight excluding hydrogens is 302 g/mol. The molecule has 0 saturated heterocycles. The third-order valence-corrected chi connectivity index (χ3v) is 4.37. The number of nitrogens with zero attached hydrogens (tertiary/aromatic N) is 1. The molecule has 0 amide bonds. The van der Waals surface area contributed by atoms with E-state index in [-0.39, 0.29) is 5.56 Å². The number of hydrogen-bond acceptors (Lipinski definition) is 3. The van der Waals surface area contributed by atoms with Gasteiger partial charge < -0.3 is 9.15 Å². The largest absolute Gasteiger partial charge is 0.497 e. The van der Waals surface area contributed by atoms with Gasteiger partial charge in [-0.15, -0.1) is 0 Å². The fourth-order valence-electron chi connectivity index (χ4n) is 3.14. The highest BCUT2D eigenvalue weighted by Gasteiger charge is 2.15. The molecular formula is C20H17NO3. The molecule has 0 spiro atoms. The van der Waals surface area contributed by atoms with E-state index < -0.39 is 0 Å². The van der Waals surface area contributed by atoms with Crippen molar-refractivity contribution in [2.45, 2.75) is 13.8 Å². The van der Waals surface area contributed by atoms with Crippen LogP contribution in [-0.4, -0.2) is 11.7 Å². The molecule has 4 aromatic rings. The zero-order valence-electron chi connectivity index (χ0n) is 13.8. The number of pyridine rings is 1. The monoisotopic (exact) mass is 319 g/mol. The van der Waals surface area contributed by atoms with Crippen molar-refractivity contribution in [1.82, 2.24) is 4.57 Å². The molecule has 2 aromatic heterocycles. The molecule has 0 N–H and O–H groups in total. The van der Waals surface area contributed by atoms with Gasteiger partial charge in [-0.3, -0.25) is 9.36 Å². The summed E-state index contributed by atoms with van der Waals surface area (Å²) in [6, 6.07) is 15.1. The second kappa shape index (κ2) is 5.27. The molecule has 0 aliphatic rings. The number of methoxy groups -OCH3 is 1. The van der Waals surface area contributed by atoms with Crippen LogP contribution in [0.3, 0.4) is 0 Å². The lowest BCUT2D eigenvalue weighted by atomic mass is 10.1. The summed E-state index contributed by atoms with van der Waals surface area (Å²) in [5.41, 5.74) is 4.18. The first-order valence-corrected chi connectivity index (χ1v) is 7.78. The first-order chi connectivity index (χ1) is 11.6. The average Bonchev–Trinajstić information content (AvgIpc) is 2.93. The number of rotatable bonds is 2. The summed E-state index contributed by atoms with van der Waals surface area (Å²) < 4.78 is 12.9. The molecule has 0 bridgehead atoms. The lowest BCUT2D eigenvalue weighted by molar-refractivity contribution is 0.414. The van der Waals surface area contributed by atoms with E-state index in [1.54, 1.807) is 17.7 Å². The highest BCUT2D eigenvalue weighted by molar-refractivity contribution is 6.05. The zero-order chi connectivity index (χ0) is 16.8. The number of aryl methyl sites for hydroxylation is 2. The molecule has 0 aliphatic heterocycles. The van der Waals surface area contributed by atoms with E-state index in [9.17, 15) is 4.79 Å². The Bertz CT molecular complexity index is 1120. The van der Waals surface area contributed by atoms with E-state index >= 15 is 0 Å². The van der Waals surface area contributed by atoms with Crippen LogP contribution in [0.2, 0.25) is 0 Å². The van der Waals surface area contributed by atoms with Gasteiger partial charge in [0.25, 0.3) is 5.56 Å². The van der Waals surface area contributed by atoms with E-state index in [1.807, 2.05) is 56.3 Å². The Morgan fingerprint density at radius 3 is 2.42 bits per heavy atom. The minimum absolute atomic E-state index is 0.0755. The number of fused-ring (bicyclic) bond motifs is 3. The molecule has 120 valence electrons. The van der Waals surface area contributed by atoms with Crippen LogP contribution in [0.25, 0.3) is 27.6 Å². The predicted octanol–water partition coefficient (Wildman–Crippen LogP) is 4.36. The molecule has 0 atom stereocenters. The Labute approximate surface area is 138 Å². The highest BCUT2D eigenvalue weighted by Crippen LogP contribution is 2.31. The Morgan fingerprint density at radius 1 is 0.958 bits per heavy atom. The third kappa shape index (κ3) is 2.11. The Balaban J connectivity index is 2.02. The van der Waals surface area contributed by atoms with E-state index in [0.717, 1.165) is 44.6 Å². The van der Waals surface area contributed by atoms with Gasteiger partial charge in [0.05, 0.1) is 12.8 Å². The molecule has 0 fully saturated rings. The van der Waals surface area contributed by atoms with Gasteiger partial charge in [-0.2, -0.15) is 0 Å². The fourth-order valence-corrected chi connectivity index (χ4v) is 3.14. The first kappa shape index (κ1) is 14.6. The number of ether oxygens (including phenoxy) is 1. The second-order valence-corrected chi connectivity index (χ2v) is 5.95. The summed E-state index contributed by atoms with van der Waals surface area (Å²) in [5.74, 6) is 0.754. The van der Waals surface area contributed by atoms with Crippen molar-refractivity contribution < 1.29 is 9.15 Å². The first-order valence-electron chi connectivity index (χ1n) is 7.78. The number of hydrogen-bond donors (Lipinski definition) is 0. The number of aromatic nitrogens is 1. The maximum Gasteiger partial charge on any atom is 0.256 e. The van der Waals surface area contributed by atoms with Crippen LogP contribution in [0, 0.1) is 13.8 Å². The van der Waals surface area contributed by atoms with Gasteiger partial charge in [0.15, 0.2) is 5.58 Å². The normalized spacial score (nSPS) is 11.3. The van der Waals surface area contributed by atoms with E-state index in [1.165, 1.54) is 0 Å². The van der Waals surface area contributed by atoms with Crippen molar-refractivity contribution in [1.29, 1.82) is 0 Å². The zero-order valence-corrected chi connectivity index (χ0v) is 13.8. The maximum atomic E-state index is 12.7. The molecule has 2 aromatic carbocycles. The van der Waals surface area contributed by atoms with Crippen LogP contribution in [0.4, 0.5) is 0 Å². The molecule has 0 aliphatic carbocycles. The topological polar surface area (TPSA) is 44.4 Å². The minimum Gasteiger partial charge on any atom is -0.497 e. The molecule has 4 heteroatoms. The van der Waals surface area contributed by atoms with Crippen molar-refractivity contribution in [3.8, 4) is 11.4 Å². The van der Waals surface area contributed by atoms with Crippen molar-refractivity contribution in [3.05, 3.63) is 70.1 Å². The standard InChI is InChI=1S/C20H17NO3/c1-12-4-9-16-17-11-19(22)21(13(2)20(17)24-18(16)10-12)14-5-7-15(23-3)8-6-14/h4-11H,1-3H3. The fraction of sp³-hybridized carbons (Fsp3) is 0.150. The van der Waals surface area contributed by atoms with Gasteiger partial charge in [0.2, 0.25) is 0 Å². The summed E-state index contributed by atoms with van der Waals surface area (Å²) >= 11 is 0. The van der Waals surface area contributed by atoms with Crippen LogP contribution in [-0.2, 0) is 0 Å². The molecule has 4 nitrogen and oxygen atoms in total. The smallest absolute Gasteiger partial charge is 0.256 e. The molecule has 4 rings (SSSR count). The van der Waals surface area contributed by atoms with Crippen molar-refractivity contribution in [2.24, 2.45) is 0 Å². The van der Waals surface area contributed by atoms with Gasteiger partial charge in [-0.05, 0) is 49.7 Å². The van der Waals surface area contributed by atoms with Crippen LogP contribution in [0.1, 0.15) is 11.3 Å². The quantitative estimate of drug-likeness (QED) is 0.551. The number of benzene rings is 2. The molecule has 2 heterocycles. The average molecular weight is 319 g/mol. The Hall–Kier alpha value is -3.01. The van der Waals surface area contributed by atoms with Crippen molar-refractivity contribution in [2.75, 3.05) is 7.11 Å². The number of furan rings is 1. The molecule has 0 radical (unpaired) electrons. The van der Waals surface area contributed by atoms with Crippen LogP contribution >= 0.6 is 0 Å². The maximum absolute atomic E-state index is 12.7.